The number of likely N-dealkylation sites (N-methyl/N-ethyl adjacent to an activating group) is 1. The van der Waals surface area contributed by atoms with Crippen molar-refractivity contribution in [2.75, 3.05) is 33.2 Å². The maximum Gasteiger partial charge on any atom is 0.277 e. The Hall–Kier alpha value is -1.10. The molecular weight excluding hydrogens is 254 g/mol. The number of carbonyl (C=O) groups excluding carboxylic acids is 2. The summed E-state index contributed by atoms with van der Waals surface area (Å²) in [6.07, 6.45) is 2.19. The van der Waals surface area contributed by atoms with Gasteiger partial charge in [-0.1, -0.05) is 6.92 Å². The molecule has 1 atom stereocenters. The summed E-state index contributed by atoms with van der Waals surface area (Å²) in [5.41, 5.74) is -0.218. The molecule has 1 fully saturated rings. The molecule has 1 aliphatic heterocycles. The van der Waals surface area contributed by atoms with Crippen LogP contribution in [-0.2, 0) is 9.59 Å². The molecule has 0 aliphatic carbocycles. The Balaban J connectivity index is 2.33. The molecule has 1 heterocycles. The van der Waals surface area contributed by atoms with Crippen molar-refractivity contribution in [2.24, 2.45) is 5.92 Å². The van der Waals surface area contributed by atoms with Crippen LogP contribution in [0.5, 0.6) is 0 Å². The second-order valence-corrected chi connectivity index (χ2v) is 7.17. The molecule has 1 unspecified atom stereocenters. The van der Waals surface area contributed by atoms with Crippen LogP contribution in [0.25, 0.3) is 0 Å². The van der Waals surface area contributed by atoms with E-state index in [0.717, 1.165) is 36.7 Å². The Morgan fingerprint density at radius 2 is 1.75 bits per heavy atom. The third-order valence-corrected chi connectivity index (χ3v) is 3.57. The number of nitrogens with one attached hydrogen (secondary N) is 2. The van der Waals surface area contributed by atoms with E-state index in [2.05, 4.69) is 12.2 Å². The average Bonchev–Trinajstić information content (AvgIpc) is 2.26. The second-order valence-electron chi connectivity index (χ2n) is 7.17. The van der Waals surface area contributed by atoms with E-state index in [1.54, 1.807) is 0 Å². The predicted molar refractivity (Wildman–Crippen MR) is 79.5 cm³/mol. The van der Waals surface area contributed by atoms with Gasteiger partial charge in [0.25, 0.3) is 11.8 Å². The van der Waals surface area contributed by atoms with E-state index in [9.17, 15) is 9.59 Å². The van der Waals surface area contributed by atoms with Gasteiger partial charge in [0.1, 0.15) is 0 Å². The van der Waals surface area contributed by atoms with Gasteiger partial charge in [0.2, 0.25) is 0 Å². The number of likely N-dealkylation sites (tertiary alicyclic amines) is 1. The van der Waals surface area contributed by atoms with E-state index in [1.165, 1.54) is 0 Å². The second kappa shape index (κ2) is 7.07. The van der Waals surface area contributed by atoms with Gasteiger partial charge in [-0.2, -0.15) is 0 Å². The quantitative estimate of drug-likeness (QED) is 0.743. The Morgan fingerprint density at radius 3 is 2.25 bits per heavy atom. The summed E-state index contributed by atoms with van der Waals surface area (Å²) in [5, 5.41) is 2.92. The predicted octanol–water partition coefficient (Wildman–Crippen LogP) is -0.326. The van der Waals surface area contributed by atoms with E-state index in [-0.39, 0.29) is 17.4 Å². The van der Waals surface area contributed by atoms with Crippen molar-refractivity contribution >= 4 is 11.8 Å². The van der Waals surface area contributed by atoms with Crippen molar-refractivity contribution in [1.29, 1.82) is 0 Å². The van der Waals surface area contributed by atoms with Gasteiger partial charge in [0.15, 0.2) is 13.1 Å². The van der Waals surface area contributed by atoms with Gasteiger partial charge < -0.3 is 15.1 Å². The van der Waals surface area contributed by atoms with E-state index in [1.807, 2.05) is 32.7 Å². The fourth-order valence-electron chi connectivity index (χ4n) is 2.43. The van der Waals surface area contributed by atoms with Crippen LogP contribution in [-0.4, -0.2) is 55.5 Å². The minimum Gasteiger partial charge on any atom is -0.347 e. The van der Waals surface area contributed by atoms with Gasteiger partial charge in [0.05, 0.1) is 7.05 Å². The number of amides is 2. The van der Waals surface area contributed by atoms with Gasteiger partial charge in [0, 0.05) is 18.6 Å². The lowest BCUT2D eigenvalue weighted by Gasteiger charge is -2.30. The fourth-order valence-corrected chi connectivity index (χ4v) is 2.43. The number of rotatable bonds is 4. The first-order valence-electron chi connectivity index (χ1n) is 7.57. The number of carbonyl (C=O) groups is 2. The summed E-state index contributed by atoms with van der Waals surface area (Å²) in [4.78, 5) is 26.8. The SMILES string of the molecule is CC1CCN(C(=O)C[NH+](C)CC(=O)NC(C)(C)C)CC1. The van der Waals surface area contributed by atoms with Crippen LogP contribution in [0.15, 0.2) is 0 Å². The van der Waals surface area contributed by atoms with Crippen LogP contribution in [0, 0.1) is 5.92 Å². The summed E-state index contributed by atoms with van der Waals surface area (Å²) >= 11 is 0. The molecule has 0 radical (unpaired) electrons. The number of hydrogen-bond donors (Lipinski definition) is 2. The van der Waals surface area contributed by atoms with Crippen LogP contribution < -0.4 is 10.2 Å². The summed E-state index contributed by atoms with van der Waals surface area (Å²) in [6.45, 7) is 10.6. The smallest absolute Gasteiger partial charge is 0.277 e. The van der Waals surface area contributed by atoms with E-state index >= 15 is 0 Å². The molecule has 20 heavy (non-hydrogen) atoms. The average molecular weight is 284 g/mol. The largest absolute Gasteiger partial charge is 0.347 e. The van der Waals surface area contributed by atoms with Crippen molar-refractivity contribution in [3.05, 3.63) is 0 Å². The molecule has 0 spiro atoms. The third kappa shape index (κ3) is 6.37. The topological polar surface area (TPSA) is 53.9 Å². The highest BCUT2D eigenvalue weighted by molar-refractivity contribution is 5.79. The third-order valence-electron chi connectivity index (χ3n) is 3.57. The van der Waals surface area contributed by atoms with Gasteiger partial charge in [-0.3, -0.25) is 9.59 Å². The van der Waals surface area contributed by atoms with Gasteiger partial charge in [-0.15, -0.1) is 0 Å². The highest BCUT2D eigenvalue weighted by atomic mass is 16.2. The normalized spacial score (nSPS) is 18.8. The molecule has 0 aromatic carbocycles. The van der Waals surface area contributed by atoms with Crippen molar-refractivity contribution in [1.82, 2.24) is 10.2 Å². The first-order chi connectivity index (χ1) is 9.17. The minimum atomic E-state index is -0.218. The summed E-state index contributed by atoms with van der Waals surface area (Å²) in [6, 6.07) is 0. The maximum absolute atomic E-state index is 12.2. The molecule has 1 rings (SSSR count). The molecule has 5 heteroatoms. The van der Waals surface area contributed by atoms with Crippen molar-refractivity contribution in [3.63, 3.8) is 0 Å². The molecule has 1 aliphatic rings. The molecule has 1 saturated heterocycles. The Morgan fingerprint density at radius 1 is 1.20 bits per heavy atom. The molecule has 0 saturated carbocycles. The van der Waals surface area contributed by atoms with Crippen LogP contribution in [0.4, 0.5) is 0 Å². The van der Waals surface area contributed by atoms with Gasteiger partial charge >= 0.3 is 0 Å². The first-order valence-corrected chi connectivity index (χ1v) is 7.57. The van der Waals surface area contributed by atoms with E-state index < -0.39 is 0 Å². The van der Waals surface area contributed by atoms with Crippen molar-refractivity contribution < 1.29 is 14.5 Å². The zero-order valence-electron chi connectivity index (χ0n) is 13.6. The summed E-state index contributed by atoms with van der Waals surface area (Å²) in [7, 11) is 1.90. The first kappa shape index (κ1) is 17.0. The van der Waals surface area contributed by atoms with Crippen LogP contribution >= 0.6 is 0 Å². The molecule has 0 aromatic heterocycles. The number of nitrogens with zero attached hydrogens (tertiary/aromatic N) is 1. The molecular formula is C15H30N3O2+. The summed E-state index contributed by atoms with van der Waals surface area (Å²) in [5.74, 6) is 0.884. The molecule has 2 N–H and O–H groups in total. The zero-order chi connectivity index (χ0) is 15.3. The molecule has 0 bridgehead atoms. The van der Waals surface area contributed by atoms with Crippen molar-refractivity contribution in [3.8, 4) is 0 Å². The molecule has 5 nitrogen and oxygen atoms in total. The number of hydrogen-bond acceptors (Lipinski definition) is 2. The van der Waals surface area contributed by atoms with Crippen LogP contribution in [0.2, 0.25) is 0 Å². The van der Waals surface area contributed by atoms with Crippen molar-refractivity contribution in [2.45, 2.75) is 46.1 Å². The highest BCUT2D eigenvalue weighted by Crippen LogP contribution is 2.15. The lowest BCUT2D eigenvalue weighted by molar-refractivity contribution is -0.863. The van der Waals surface area contributed by atoms with E-state index in [0.29, 0.717) is 13.1 Å². The lowest BCUT2D eigenvalue weighted by atomic mass is 9.99. The van der Waals surface area contributed by atoms with Crippen LogP contribution in [0.1, 0.15) is 40.5 Å². The maximum atomic E-state index is 12.2. The van der Waals surface area contributed by atoms with Gasteiger partial charge in [-0.05, 0) is 39.5 Å². The number of quaternary nitrogens is 1. The number of piperidine rings is 1. The van der Waals surface area contributed by atoms with E-state index in [4.69, 9.17) is 0 Å². The lowest BCUT2D eigenvalue weighted by Crippen LogP contribution is -3.11. The summed E-state index contributed by atoms with van der Waals surface area (Å²) < 4.78 is 0. The standard InChI is InChI=1S/C15H29N3O2/c1-12-6-8-18(9-7-12)14(20)11-17(5)10-13(19)16-15(2,3)4/h12H,6-11H2,1-5H3,(H,16,19)/p+1. The van der Waals surface area contributed by atoms with Crippen LogP contribution in [0.3, 0.4) is 0 Å². The fraction of sp³-hybridized carbons (Fsp3) is 0.867. The minimum absolute atomic E-state index is 0.00457. The molecule has 0 aromatic rings. The Kier molecular flexibility index (Phi) is 5.99. The zero-order valence-corrected chi connectivity index (χ0v) is 13.6. The highest BCUT2D eigenvalue weighted by Gasteiger charge is 2.24. The Bertz CT molecular complexity index is 342. The Labute approximate surface area is 122 Å². The molecule has 116 valence electrons. The molecule has 2 amide bonds. The van der Waals surface area contributed by atoms with Gasteiger partial charge in [-0.25, -0.2) is 0 Å². The monoisotopic (exact) mass is 284 g/mol.